The Labute approximate surface area is 69.5 Å². The first kappa shape index (κ1) is 9.27. The van der Waals surface area contributed by atoms with Gasteiger partial charge in [-0.15, -0.1) is 0 Å². The van der Waals surface area contributed by atoms with Crippen LogP contribution in [0.15, 0.2) is 0 Å². The van der Waals surface area contributed by atoms with Gasteiger partial charge in [0.1, 0.15) is 6.10 Å². The van der Waals surface area contributed by atoms with Crippen LogP contribution in [0.2, 0.25) is 0 Å². The molecule has 1 rings (SSSR count). The lowest BCUT2D eigenvalue weighted by Crippen LogP contribution is -2.19. The molecule has 1 saturated heterocycles. The maximum Gasteiger partial charge on any atom is 0.264 e. The Hall–Kier alpha value is 0.180. The lowest BCUT2D eigenvalue weighted by Gasteiger charge is -2.03. The molecule has 0 amide bonds. The van der Waals surface area contributed by atoms with Gasteiger partial charge in [0.15, 0.2) is 12.3 Å². The van der Waals surface area contributed by atoms with Crippen molar-refractivity contribution in [3.8, 4) is 0 Å². The summed E-state index contributed by atoms with van der Waals surface area (Å²) in [5, 5.41) is 0. The highest BCUT2D eigenvalue weighted by atomic mass is 32.2. The van der Waals surface area contributed by atoms with E-state index < -0.39 is 10.1 Å². The van der Waals surface area contributed by atoms with Crippen molar-refractivity contribution in [2.75, 3.05) is 19.5 Å². The topological polar surface area (TPSA) is 61.8 Å². The van der Waals surface area contributed by atoms with Crippen molar-refractivity contribution in [3.05, 3.63) is 0 Å². The Balaban J connectivity index is 2.22. The molecule has 7 heteroatoms. The predicted octanol–water partition coefficient (Wildman–Crippen LogP) is -0.0588. The summed E-state index contributed by atoms with van der Waals surface area (Å²) in [6.45, 7) is 0.381. The van der Waals surface area contributed by atoms with Crippen LogP contribution in [0.25, 0.3) is 0 Å². The van der Waals surface area contributed by atoms with E-state index in [-0.39, 0.29) is 12.7 Å². The van der Waals surface area contributed by atoms with Gasteiger partial charge in [-0.3, -0.25) is 12.5 Å². The molecule has 5 nitrogen and oxygen atoms in total. The molecule has 0 N–H and O–H groups in total. The molecule has 1 fully saturated rings. The molecule has 0 bridgehead atoms. The summed E-state index contributed by atoms with van der Waals surface area (Å²) in [6.07, 6.45) is 0.713. The van der Waals surface area contributed by atoms with Gasteiger partial charge in [-0.2, -0.15) is 8.42 Å². The largest absolute Gasteiger partial charge is 0.288 e. The first-order chi connectivity index (χ1) is 5.08. The van der Waals surface area contributed by atoms with Crippen LogP contribution in [0.3, 0.4) is 0 Å². The number of rotatable bonds is 3. The SMILES string of the molecule is CS(=O)(=O)OCC1COSO1. The zero-order valence-electron chi connectivity index (χ0n) is 5.85. The molecule has 0 spiro atoms. The van der Waals surface area contributed by atoms with E-state index in [9.17, 15) is 8.42 Å². The van der Waals surface area contributed by atoms with Gasteiger partial charge in [0.05, 0.1) is 19.5 Å². The number of hydrogen-bond donors (Lipinski definition) is 0. The van der Waals surface area contributed by atoms with Gasteiger partial charge < -0.3 is 0 Å². The summed E-state index contributed by atoms with van der Waals surface area (Å²) in [7, 11) is -3.36. The van der Waals surface area contributed by atoms with Crippen LogP contribution >= 0.6 is 12.3 Å². The van der Waals surface area contributed by atoms with E-state index in [1.165, 1.54) is 0 Å². The summed E-state index contributed by atoms with van der Waals surface area (Å²) >= 11 is 0.858. The molecule has 66 valence electrons. The Morgan fingerprint density at radius 3 is 2.91 bits per heavy atom. The number of hydrogen-bond acceptors (Lipinski definition) is 6. The Bertz CT molecular complexity index is 205. The molecule has 0 radical (unpaired) electrons. The van der Waals surface area contributed by atoms with Crippen molar-refractivity contribution in [1.82, 2.24) is 0 Å². The standard InChI is InChI=1S/C4H8O5S2/c1-11(5,6)8-3-4-2-7-10-9-4/h4H,2-3H2,1H3. The second-order valence-electron chi connectivity index (χ2n) is 2.06. The maximum absolute atomic E-state index is 10.5. The first-order valence-corrected chi connectivity index (χ1v) is 5.35. The minimum Gasteiger partial charge on any atom is -0.288 e. The van der Waals surface area contributed by atoms with Crippen molar-refractivity contribution in [2.24, 2.45) is 0 Å². The molecule has 1 aliphatic heterocycles. The molecule has 0 aromatic heterocycles. The van der Waals surface area contributed by atoms with E-state index in [0.29, 0.717) is 6.61 Å². The highest BCUT2D eigenvalue weighted by Crippen LogP contribution is 2.18. The highest BCUT2D eigenvalue weighted by molar-refractivity contribution is 7.90. The zero-order chi connectivity index (χ0) is 8.32. The fourth-order valence-electron chi connectivity index (χ4n) is 0.490. The Morgan fingerprint density at radius 2 is 2.45 bits per heavy atom. The van der Waals surface area contributed by atoms with Crippen LogP contribution in [0.5, 0.6) is 0 Å². The van der Waals surface area contributed by atoms with Crippen LogP contribution in [-0.4, -0.2) is 34.0 Å². The van der Waals surface area contributed by atoms with E-state index in [0.717, 1.165) is 18.6 Å². The van der Waals surface area contributed by atoms with Gasteiger partial charge in [-0.05, 0) is 0 Å². The van der Waals surface area contributed by atoms with Crippen LogP contribution in [0, 0.1) is 0 Å². The molecule has 1 atom stereocenters. The van der Waals surface area contributed by atoms with Gasteiger partial charge in [-0.25, -0.2) is 0 Å². The van der Waals surface area contributed by atoms with Crippen molar-refractivity contribution >= 4 is 22.4 Å². The van der Waals surface area contributed by atoms with Crippen molar-refractivity contribution in [1.29, 1.82) is 0 Å². The third kappa shape index (κ3) is 3.92. The van der Waals surface area contributed by atoms with Gasteiger partial charge in [-0.1, -0.05) is 0 Å². The van der Waals surface area contributed by atoms with Gasteiger partial charge in [0.2, 0.25) is 0 Å². The molecule has 11 heavy (non-hydrogen) atoms. The van der Waals surface area contributed by atoms with Crippen molar-refractivity contribution < 1.29 is 21.0 Å². The molecule has 1 heterocycles. The lowest BCUT2D eigenvalue weighted by molar-refractivity contribution is 0.158. The molecular weight excluding hydrogens is 192 g/mol. The Morgan fingerprint density at radius 1 is 1.73 bits per heavy atom. The van der Waals surface area contributed by atoms with Crippen molar-refractivity contribution in [2.45, 2.75) is 6.10 Å². The average Bonchev–Trinajstić information content (AvgIpc) is 2.32. The smallest absolute Gasteiger partial charge is 0.264 e. The van der Waals surface area contributed by atoms with Gasteiger partial charge in [0, 0.05) is 0 Å². The third-order valence-corrected chi connectivity index (χ3v) is 2.09. The molecule has 1 aliphatic rings. The Kier molecular flexibility index (Phi) is 3.14. The van der Waals surface area contributed by atoms with Crippen molar-refractivity contribution in [3.63, 3.8) is 0 Å². The van der Waals surface area contributed by atoms with E-state index >= 15 is 0 Å². The summed E-state index contributed by atoms with van der Waals surface area (Å²) in [6, 6.07) is 0. The molecule has 0 saturated carbocycles. The lowest BCUT2D eigenvalue weighted by atomic mass is 10.4. The summed E-state index contributed by atoms with van der Waals surface area (Å²) < 4.78 is 35.0. The van der Waals surface area contributed by atoms with Crippen LogP contribution in [0.1, 0.15) is 0 Å². The van der Waals surface area contributed by atoms with E-state index in [2.05, 4.69) is 4.18 Å². The van der Waals surface area contributed by atoms with Crippen LogP contribution < -0.4 is 0 Å². The molecule has 1 unspecified atom stereocenters. The van der Waals surface area contributed by atoms with E-state index in [1.54, 1.807) is 0 Å². The van der Waals surface area contributed by atoms with E-state index in [4.69, 9.17) is 8.37 Å². The zero-order valence-corrected chi connectivity index (χ0v) is 7.48. The monoisotopic (exact) mass is 200 g/mol. The fourth-order valence-corrected chi connectivity index (χ4v) is 1.37. The second kappa shape index (κ2) is 3.72. The summed E-state index contributed by atoms with van der Waals surface area (Å²) in [5.41, 5.74) is 0. The molecule has 0 aromatic carbocycles. The molecule has 0 aliphatic carbocycles. The first-order valence-electron chi connectivity index (χ1n) is 2.87. The fraction of sp³-hybridized carbons (Fsp3) is 1.00. The molecule has 0 aromatic rings. The minimum atomic E-state index is -3.36. The normalized spacial score (nSPS) is 25.7. The molecular formula is C4H8O5S2. The van der Waals surface area contributed by atoms with Crippen LogP contribution in [0.4, 0.5) is 0 Å². The quantitative estimate of drug-likeness (QED) is 0.470. The average molecular weight is 200 g/mol. The summed E-state index contributed by atoms with van der Waals surface area (Å²) in [4.78, 5) is 0. The predicted molar refractivity (Wildman–Crippen MR) is 39.2 cm³/mol. The summed E-state index contributed by atoms with van der Waals surface area (Å²) in [5.74, 6) is 0. The second-order valence-corrected chi connectivity index (χ2v) is 4.27. The maximum atomic E-state index is 10.5. The van der Waals surface area contributed by atoms with E-state index in [1.807, 2.05) is 0 Å². The van der Waals surface area contributed by atoms with Gasteiger partial charge in [0.25, 0.3) is 10.1 Å². The highest BCUT2D eigenvalue weighted by Gasteiger charge is 2.19. The third-order valence-electron chi connectivity index (χ3n) is 0.945. The van der Waals surface area contributed by atoms with Gasteiger partial charge >= 0.3 is 0 Å². The minimum absolute atomic E-state index is 0.0197. The van der Waals surface area contributed by atoms with Crippen LogP contribution in [-0.2, 0) is 22.7 Å².